The molecule has 3 nitrogen and oxygen atoms in total. The molecule has 1 saturated heterocycles. The number of nitrogens with zero attached hydrogens (tertiary/aromatic N) is 1. The summed E-state index contributed by atoms with van der Waals surface area (Å²) in [7, 11) is 0. The van der Waals surface area contributed by atoms with Gasteiger partial charge in [0.2, 0.25) is 5.91 Å². The number of likely N-dealkylation sites (tertiary alicyclic amines) is 1. The summed E-state index contributed by atoms with van der Waals surface area (Å²) in [4.78, 5) is 13.9. The highest BCUT2D eigenvalue weighted by atomic mass is 35.5. The maximum Gasteiger partial charge on any atom is 0.223 e. The summed E-state index contributed by atoms with van der Waals surface area (Å²) in [5.41, 5.74) is 1.23. The Morgan fingerprint density at radius 3 is 2.75 bits per heavy atom. The summed E-state index contributed by atoms with van der Waals surface area (Å²) in [5.74, 6) is 0.292. The van der Waals surface area contributed by atoms with Crippen LogP contribution in [0.5, 0.6) is 0 Å². The van der Waals surface area contributed by atoms with Gasteiger partial charge in [-0.1, -0.05) is 23.7 Å². The molecule has 1 aliphatic heterocycles. The van der Waals surface area contributed by atoms with E-state index in [4.69, 9.17) is 11.6 Å². The minimum Gasteiger partial charge on any atom is -0.343 e. The zero-order valence-electron chi connectivity index (χ0n) is 11.9. The van der Waals surface area contributed by atoms with Crippen LogP contribution in [0.1, 0.15) is 31.2 Å². The molecule has 1 aliphatic rings. The van der Waals surface area contributed by atoms with E-state index in [1.807, 2.05) is 23.1 Å². The van der Waals surface area contributed by atoms with E-state index in [-0.39, 0.29) is 0 Å². The molecule has 0 bridgehead atoms. The van der Waals surface area contributed by atoms with Gasteiger partial charge in [0.15, 0.2) is 0 Å². The Morgan fingerprint density at radius 1 is 1.20 bits per heavy atom. The van der Waals surface area contributed by atoms with Gasteiger partial charge in [-0.05, 0) is 49.9 Å². The van der Waals surface area contributed by atoms with Gasteiger partial charge in [-0.15, -0.1) is 0 Å². The van der Waals surface area contributed by atoms with Gasteiger partial charge in [0.1, 0.15) is 0 Å². The summed E-state index contributed by atoms with van der Waals surface area (Å²) in [6.07, 6.45) is 5.14. The highest BCUT2D eigenvalue weighted by molar-refractivity contribution is 6.30. The second-order valence-electron chi connectivity index (χ2n) is 5.32. The number of nitrogens with one attached hydrogen (secondary N) is 1. The Morgan fingerprint density at radius 2 is 2.00 bits per heavy atom. The fraction of sp³-hybridized carbons (Fsp3) is 0.562. The standard InChI is InChI=1S/C16H23ClN2O/c17-15-6-4-5-14(13-15)7-9-18-10-8-16(20)19-11-2-1-3-12-19/h4-6,13,18H,1-3,7-12H2. The molecule has 110 valence electrons. The lowest BCUT2D eigenvalue weighted by molar-refractivity contribution is -0.131. The Bertz CT molecular complexity index is 430. The van der Waals surface area contributed by atoms with Gasteiger partial charge in [0.25, 0.3) is 0 Å². The zero-order valence-corrected chi connectivity index (χ0v) is 12.7. The number of benzene rings is 1. The molecule has 1 amide bonds. The molecule has 0 aliphatic carbocycles. The van der Waals surface area contributed by atoms with Crippen molar-refractivity contribution < 1.29 is 4.79 Å². The van der Waals surface area contributed by atoms with Crippen LogP contribution in [-0.4, -0.2) is 37.0 Å². The molecule has 1 fully saturated rings. The van der Waals surface area contributed by atoms with E-state index in [0.717, 1.165) is 50.5 Å². The average Bonchev–Trinajstić information content (AvgIpc) is 2.48. The number of hydrogen-bond acceptors (Lipinski definition) is 2. The molecule has 2 rings (SSSR count). The van der Waals surface area contributed by atoms with Gasteiger partial charge in [-0.3, -0.25) is 4.79 Å². The third-order valence-electron chi connectivity index (χ3n) is 3.70. The molecule has 4 heteroatoms. The van der Waals surface area contributed by atoms with Crippen molar-refractivity contribution in [3.8, 4) is 0 Å². The van der Waals surface area contributed by atoms with Crippen molar-refractivity contribution in [1.82, 2.24) is 10.2 Å². The second-order valence-corrected chi connectivity index (χ2v) is 5.76. The number of rotatable bonds is 6. The summed E-state index contributed by atoms with van der Waals surface area (Å²) in [6, 6.07) is 7.92. The first-order valence-corrected chi connectivity index (χ1v) is 7.86. The van der Waals surface area contributed by atoms with Gasteiger partial charge < -0.3 is 10.2 Å². The molecule has 1 N–H and O–H groups in total. The normalized spacial score (nSPS) is 15.3. The molecule has 20 heavy (non-hydrogen) atoms. The predicted molar refractivity (Wildman–Crippen MR) is 83.1 cm³/mol. The molecule has 0 spiro atoms. The molecule has 1 heterocycles. The van der Waals surface area contributed by atoms with Crippen molar-refractivity contribution >= 4 is 17.5 Å². The predicted octanol–water partition coefficient (Wildman–Crippen LogP) is 2.87. The van der Waals surface area contributed by atoms with Crippen molar-refractivity contribution in [1.29, 1.82) is 0 Å². The molecule has 0 radical (unpaired) electrons. The number of piperidine rings is 1. The molecule has 1 aromatic carbocycles. The topological polar surface area (TPSA) is 32.3 Å². The van der Waals surface area contributed by atoms with E-state index in [1.165, 1.54) is 12.0 Å². The highest BCUT2D eigenvalue weighted by Crippen LogP contribution is 2.11. The van der Waals surface area contributed by atoms with E-state index in [9.17, 15) is 4.79 Å². The van der Waals surface area contributed by atoms with Crippen LogP contribution in [0, 0.1) is 0 Å². The molecular formula is C16H23ClN2O. The Balaban J connectivity index is 1.58. The maximum atomic E-state index is 11.9. The lowest BCUT2D eigenvalue weighted by atomic mass is 10.1. The van der Waals surface area contributed by atoms with Crippen molar-refractivity contribution in [2.45, 2.75) is 32.1 Å². The fourth-order valence-corrected chi connectivity index (χ4v) is 2.76. The number of halogens is 1. The molecule has 0 atom stereocenters. The zero-order chi connectivity index (χ0) is 14.2. The summed E-state index contributed by atoms with van der Waals surface area (Å²) in [5, 5.41) is 4.11. The van der Waals surface area contributed by atoms with E-state index in [0.29, 0.717) is 12.3 Å². The first-order valence-electron chi connectivity index (χ1n) is 7.48. The van der Waals surface area contributed by atoms with E-state index in [2.05, 4.69) is 11.4 Å². The molecule has 0 unspecified atom stereocenters. The lowest BCUT2D eigenvalue weighted by Crippen LogP contribution is -2.37. The van der Waals surface area contributed by atoms with Crippen molar-refractivity contribution in [3.63, 3.8) is 0 Å². The molecular weight excluding hydrogens is 272 g/mol. The van der Waals surface area contributed by atoms with Crippen LogP contribution in [0.2, 0.25) is 5.02 Å². The quantitative estimate of drug-likeness (QED) is 0.818. The van der Waals surface area contributed by atoms with Gasteiger partial charge in [0.05, 0.1) is 0 Å². The van der Waals surface area contributed by atoms with Crippen LogP contribution in [-0.2, 0) is 11.2 Å². The van der Waals surface area contributed by atoms with E-state index in [1.54, 1.807) is 0 Å². The largest absolute Gasteiger partial charge is 0.343 e. The second kappa shape index (κ2) is 8.28. The Kier molecular flexibility index (Phi) is 6.34. The van der Waals surface area contributed by atoms with Gasteiger partial charge >= 0.3 is 0 Å². The molecule has 1 aromatic rings. The third kappa shape index (κ3) is 5.14. The summed E-state index contributed by atoms with van der Waals surface area (Å²) in [6.45, 7) is 3.53. The number of hydrogen-bond donors (Lipinski definition) is 1. The average molecular weight is 295 g/mol. The number of carbonyl (C=O) groups excluding carboxylic acids is 1. The van der Waals surface area contributed by atoms with E-state index >= 15 is 0 Å². The number of amides is 1. The fourth-order valence-electron chi connectivity index (χ4n) is 2.55. The molecule has 0 saturated carbocycles. The van der Waals surface area contributed by atoms with Crippen molar-refractivity contribution in [3.05, 3.63) is 34.9 Å². The van der Waals surface area contributed by atoms with Crippen LogP contribution < -0.4 is 5.32 Å². The van der Waals surface area contributed by atoms with Crippen LogP contribution in [0.4, 0.5) is 0 Å². The highest BCUT2D eigenvalue weighted by Gasteiger charge is 2.15. The summed E-state index contributed by atoms with van der Waals surface area (Å²) >= 11 is 5.94. The van der Waals surface area contributed by atoms with Crippen molar-refractivity contribution in [2.24, 2.45) is 0 Å². The van der Waals surface area contributed by atoms with E-state index < -0.39 is 0 Å². The molecule has 0 aromatic heterocycles. The van der Waals surface area contributed by atoms with Crippen LogP contribution in [0.25, 0.3) is 0 Å². The van der Waals surface area contributed by atoms with Crippen LogP contribution in [0.15, 0.2) is 24.3 Å². The van der Waals surface area contributed by atoms with Crippen LogP contribution >= 0.6 is 11.6 Å². The van der Waals surface area contributed by atoms with Gasteiger partial charge in [0, 0.05) is 31.1 Å². The third-order valence-corrected chi connectivity index (χ3v) is 3.94. The lowest BCUT2D eigenvalue weighted by Gasteiger charge is -2.26. The Hall–Kier alpha value is -1.06. The van der Waals surface area contributed by atoms with Crippen LogP contribution in [0.3, 0.4) is 0 Å². The van der Waals surface area contributed by atoms with Crippen molar-refractivity contribution in [2.75, 3.05) is 26.2 Å². The first kappa shape index (κ1) is 15.3. The monoisotopic (exact) mass is 294 g/mol. The minimum absolute atomic E-state index is 0.292. The maximum absolute atomic E-state index is 11.9. The van der Waals surface area contributed by atoms with Gasteiger partial charge in [-0.25, -0.2) is 0 Å². The first-order chi connectivity index (χ1) is 9.75. The smallest absolute Gasteiger partial charge is 0.223 e. The number of carbonyl (C=O) groups is 1. The summed E-state index contributed by atoms with van der Waals surface area (Å²) < 4.78 is 0. The Labute approximate surface area is 126 Å². The van der Waals surface area contributed by atoms with Gasteiger partial charge in [-0.2, -0.15) is 0 Å². The minimum atomic E-state index is 0.292. The SMILES string of the molecule is O=C(CCNCCc1cccc(Cl)c1)N1CCCCC1.